The molecule has 2 N–H and O–H groups in total. The predicted octanol–water partition coefficient (Wildman–Crippen LogP) is 2.24. The highest BCUT2D eigenvalue weighted by atomic mass is 17.2. The van der Waals surface area contributed by atoms with E-state index >= 15 is 0 Å². The highest BCUT2D eigenvalue weighted by Crippen LogP contribution is 2.19. The van der Waals surface area contributed by atoms with Gasteiger partial charge < -0.3 is 10.6 Å². The van der Waals surface area contributed by atoms with Crippen LogP contribution in [-0.4, -0.2) is 43.2 Å². The van der Waals surface area contributed by atoms with Crippen molar-refractivity contribution in [3.8, 4) is 0 Å². The molecule has 1 aliphatic rings. The molecule has 0 aliphatic carbocycles. The van der Waals surface area contributed by atoms with E-state index in [9.17, 15) is 4.79 Å². The summed E-state index contributed by atoms with van der Waals surface area (Å²) in [4.78, 5) is 24.5. The Morgan fingerprint density at radius 3 is 2.85 bits per heavy atom. The highest BCUT2D eigenvalue weighted by Gasteiger charge is 2.26. The Labute approximate surface area is 122 Å². The van der Waals surface area contributed by atoms with E-state index in [2.05, 4.69) is 0 Å². The fourth-order valence-electron chi connectivity index (χ4n) is 2.51. The fraction of sp³-hybridized carbons (Fsp3) is 0.933. The van der Waals surface area contributed by atoms with Crippen molar-refractivity contribution in [2.24, 2.45) is 5.73 Å². The number of likely N-dealkylation sites (tertiary alicyclic amines) is 1. The van der Waals surface area contributed by atoms with E-state index in [-0.39, 0.29) is 11.9 Å². The van der Waals surface area contributed by atoms with E-state index < -0.39 is 0 Å². The van der Waals surface area contributed by atoms with Crippen LogP contribution in [0.3, 0.4) is 0 Å². The maximum absolute atomic E-state index is 12.3. The maximum atomic E-state index is 12.3. The SMILES string of the molecule is CCCOOCC1CCCCN1C(=O)CCCCCN. The Hall–Kier alpha value is -0.650. The highest BCUT2D eigenvalue weighted by molar-refractivity contribution is 5.76. The Morgan fingerprint density at radius 2 is 2.10 bits per heavy atom. The molecule has 1 saturated heterocycles. The second-order valence-corrected chi connectivity index (χ2v) is 5.44. The van der Waals surface area contributed by atoms with Crippen molar-refractivity contribution in [2.75, 3.05) is 26.3 Å². The molecule has 1 heterocycles. The number of nitrogens with zero attached hydrogens (tertiary/aromatic N) is 1. The first-order valence-electron chi connectivity index (χ1n) is 8.03. The van der Waals surface area contributed by atoms with Crippen molar-refractivity contribution < 1.29 is 14.6 Å². The van der Waals surface area contributed by atoms with Gasteiger partial charge in [0.2, 0.25) is 5.91 Å². The molecular formula is C15H30N2O3. The molecule has 5 heteroatoms. The molecule has 1 rings (SSSR count). The lowest BCUT2D eigenvalue weighted by atomic mass is 10.0. The summed E-state index contributed by atoms with van der Waals surface area (Å²) in [5, 5.41) is 0. The van der Waals surface area contributed by atoms with Crippen molar-refractivity contribution in [1.29, 1.82) is 0 Å². The quantitative estimate of drug-likeness (QED) is 0.380. The molecule has 0 saturated carbocycles. The van der Waals surface area contributed by atoms with Gasteiger partial charge in [-0.05, 0) is 45.1 Å². The summed E-state index contributed by atoms with van der Waals surface area (Å²) in [6.45, 7) is 4.72. The van der Waals surface area contributed by atoms with Crippen molar-refractivity contribution in [2.45, 2.75) is 64.3 Å². The smallest absolute Gasteiger partial charge is 0.222 e. The van der Waals surface area contributed by atoms with Crippen LogP contribution in [0, 0.1) is 0 Å². The average Bonchev–Trinajstić information content (AvgIpc) is 2.48. The number of piperidine rings is 1. The van der Waals surface area contributed by atoms with Crippen LogP contribution in [0.25, 0.3) is 0 Å². The number of hydrogen-bond acceptors (Lipinski definition) is 4. The number of hydrogen-bond donors (Lipinski definition) is 1. The zero-order valence-electron chi connectivity index (χ0n) is 12.8. The Morgan fingerprint density at radius 1 is 1.25 bits per heavy atom. The van der Waals surface area contributed by atoms with Gasteiger partial charge in [-0.3, -0.25) is 4.79 Å². The standard InChI is InChI=1S/C15H30N2O3/c1-2-12-19-20-13-14-8-5-7-11-17(14)15(18)9-4-3-6-10-16/h14H,2-13,16H2,1H3. The number of amides is 1. The summed E-state index contributed by atoms with van der Waals surface area (Å²) in [5.41, 5.74) is 5.46. The van der Waals surface area contributed by atoms with E-state index in [4.69, 9.17) is 15.5 Å². The summed E-state index contributed by atoms with van der Waals surface area (Å²) < 4.78 is 0. The Bertz CT molecular complexity index is 262. The fourth-order valence-corrected chi connectivity index (χ4v) is 2.51. The van der Waals surface area contributed by atoms with Gasteiger partial charge in [0.25, 0.3) is 0 Å². The summed E-state index contributed by atoms with van der Waals surface area (Å²) in [6.07, 6.45) is 7.83. The van der Waals surface area contributed by atoms with Crippen LogP contribution in [0.5, 0.6) is 0 Å². The van der Waals surface area contributed by atoms with Crippen molar-refractivity contribution >= 4 is 5.91 Å². The molecule has 0 aromatic heterocycles. The van der Waals surface area contributed by atoms with Crippen LogP contribution >= 0.6 is 0 Å². The minimum absolute atomic E-state index is 0.183. The minimum atomic E-state index is 0.183. The average molecular weight is 286 g/mol. The zero-order valence-corrected chi connectivity index (χ0v) is 12.8. The van der Waals surface area contributed by atoms with Crippen LogP contribution in [0.2, 0.25) is 0 Å². The molecule has 0 spiro atoms. The molecule has 0 aromatic carbocycles. The van der Waals surface area contributed by atoms with Gasteiger partial charge in [-0.2, -0.15) is 0 Å². The molecule has 1 unspecified atom stereocenters. The first kappa shape index (κ1) is 17.4. The van der Waals surface area contributed by atoms with Crippen molar-refractivity contribution in [3.63, 3.8) is 0 Å². The third kappa shape index (κ3) is 6.68. The van der Waals surface area contributed by atoms with Crippen LogP contribution in [0.1, 0.15) is 58.3 Å². The number of carbonyl (C=O) groups is 1. The van der Waals surface area contributed by atoms with Gasteiger partial charge in [0, 0.05) is 13.0 Å². The summed E-state index contributed by atoms with van der Waals surface area (Å²) in [6, 6.07) is 0.183. The summed E-state index contributed by atoms with van der Waals surface area (Å²) in [7, 11) is 0. The van der Waals surface area contributed by atoms with E-state index in [0.29, 0.717) is 26.2 Å². The topological polar surface area (TPSA) is 64.8 Å². The van der Waals surface area contributed by atoms with Gasteiger partial charge in [-0.25, -0.2) is 9.78 Å². The van der Waals surface area contributed by atoms with Gasteiger partial charge in [-0.1, -0.05) is 13.3 Å². The van der Waals surface area contributed by atoms with Crippen LogP contribution < -0.4 is 5.73 Å². The lowest BCUT2D eigenvalue weighted by Gasteiger charge is -2.35. The number of unbranched alkanes of at least 4 members (excludes halogenated alkanes) is 2. The monoisotopic (exact) mass is 286 g/mol. The maximum Gasteiger partial charge on any atom is 0.222 e. The molecule has 20 heavy (non-hydrogen) atoms. The first-order valence-corrected chi connectivity index (χ1v) is 8.03. The third-order valence-electron chi connectivity index (χ3n) is 3.67. The third-order valence-corrected chi connectivity index (χ3v) is 3.67. The summed E-state index contributed by atoms with van der Waals surface area (Å²) >= 11 is 0. The van der Waals surface area contributed by atoms with Gasteiger partial charge >= 0.3 is 0 Å². The van der Waals surface area contributed by atoms with E-state index in [1.807, 2.05) is 11.8 Å². The van der Waals surface area contributed by atoms with Gasteiger partial charge in [0.05, 0.1) is 12.6 Å². The minimum Gasteiger partial charge on any atom is -0.337 e. The molecule has 118 valence electrons. The van der Waals surface area contributed by atoms with Crippen LogP contribution in [0.15, 0.2) is 0 Å². The Kier molecular flexibility index (Phi) is 9.62. The molecule has 1 aliphatic heterocycles. The molecular weight excluding hydrogens is 256 g/mol. The second kappa shape index (κ2) is 11.1. The lowest BCUT2D eigenvalue weighted by molar-refractivity contribution is -0.301. The molecule has 5 nitrogen and oxygen atoms in total. The largest absolute Gasteiger partial charge is 0.337 e. The van der Waals surface area contributed by atoms with E-state index in [1.54, 1.807) is 0 Å². The number of rotatable bonds is 10. The molecule has 0 bridgehead atoms. The van der Waals surface area contributed by atoms with E-state index in [1.165, 1.54) is 6.42 Å². The predicted molar refractivity (Wildman–Crippen MR) is 79.1 cm³/mol. The van der Waals surface area contributed by atoms with Gasteiger partial charge in [0.1, 0.15) is 6.61 Å². The molecule has 0 aromatic rings. The number of carbonyl (C=O) groups excluding carboxylic acids is 1. The molecule has 1 atom stereocenters. The first-order chi connectivity index (χ1) is 9.79. The molecule has 1 amide bonds. The van der Waals surface area contributed by atoms with Gasteiger partial charge in [-0.15, -0.1) is 0 Å². The van der Waals surface area contributed by atoms with Crippen LogP contribution in [-0.2, 0) is 14.6 Å². The molecule has 0 radical (unpaired) electrons. The number of nitrogens with two attached hydrogens (primary N) is 1. The lowest BCUT2D eigenvalue weighted by Crippen LogP contribution is -2.46. The summed E-state index contributed by atoms with van der Waals surface area (Å²) in [5.74, 6) is 0.255. The molecule has 1 fully saturated rings. The van der Waals surface area contributed by atoms with E-state index in [0.717, 1.165) is 45.1 Å². The zero-order chi connectivity index (χ0) is 14.6. The van der Waals surface area contributed by atoms with Crippen molar-refractivity contribution in [1.82, 2.24) is 4.90 Å². The Balaban J connectivity index is 2.28. The normalized spacial score (nSPS) is 19.3. The van der Waals surface area contributed by atoms with Crippen molar-refractivity contribution in [3.05, 3.63) is 0 Å². The second-order valence-electron chi connectivity index (χ2n) is 5.44. The van der Waals surface area contributed by atoms with Crippen LogP contribution in [0.4, 0.5) is 0 Å². The van der Waals surface area contributed by atoms with Gasteiger partial charge in [0.15, 0.2) is 0 Å².